The SMILES string of the molecule is O=C1NC(=O)C2(CCCC2)C(=O)N1CC1CCS(=O)(=O)C1. The van der Waals surface area contributed by atoms with Crippen molar-refractivity contribution in [2.24, 2.45) is 11.3 Å². The maximum Gasteiger partial charge on any atom is 0.330 e. The lowest BCUT2D eigenvalue weighted by atomic mass is 9.82. The maximum atomic E-state index is 12.6. The second-order valence-electron chi connectivity index (χ2n) is 6.23. The highest BCUT2D eigenvalue weighted by Gasteiger charge is 2.55. The number of nitrogens with zero attached hydrogens (tertiary/aromatic N) is 1. The number of sulfone groups is 1. The normalized spacial score (nSPS) is 31.0. The van der Waals surface area contributed by atoms with E-state index < -0.39 is 33.1 Å². The van der Waals surface area contributed by atoms with Crippen molar-refractivity contribution in [2.75, 3.05) is 18.1 Å². The highest BCUT2D eigenvalue weighted by molar-refractivity contribution is 7.91. The van der Waals surface area contributed by atoms with Crippen molar-refractivity contribution < 1.29 is 22.8 Å². The Morgan fingerprint density at radius 1 is 1.19 bits per heavy atom. The van der Waals surface area contributed by atoms with E-state index in [4.69, 9.17) is 0 Å². The van der Waals surface area contributed by atoms with Crippen molar-refractivity contribution in [1.29, 1.82) is 0 Å². The number of amides is 4. The van der Waals surface area contributed by atoms with Crippen molar-refractivity contribution in [1.82, 2.24) is 10.2 Å². The summed E-state index contributed by atoms with van der Waals surface area (Å²) in [5.74, 6) is -1.06. The quantitative estimate of drug-likeness (QED) is 0.726. The fourth-order valence-electron chi connectivity index (χ4n) is 3.59. The Bertz CT molecular complexity index is 606. The molecule has 0 radical (unpaired) electrons. The first-order chi connectivity index (χ1) is 9.84. The van der Waals surface area contributed by atoms with Crippen LogP contribution in [0.2, 0.25) is 0 Å². The van der Waals surface area contributed by atoms with Gasteiger partial charge in [0, 0.05) is 6.54 Å². The Morgan fingerprint density at radius 3 is 2.43 bits per heavy atom. The molecule has 1 spiro atoms. The third-order valence-corrected chi connectivity index (χ3v) is 6.62. The van der Waals surface area contributed by atoms with Crippen LogP contribution in [0.15, 0.2) is 0 Å². The van der Waals surface area contributed by atoms with E-state index in [0.717, 1.165) is 17.7 Å². The summed E-state index contributed by atoms with van der Waals surface area (Å²) in [4.78, 5) is 37.6. The summed E-state index contributed by atoms with van der Waals surface area (Å²) in [5.41, 5.74) is -1.11. The van der Waals surface area contributed by atoms with Gasteiger partial charge in [-0.2, -0.15) is 0 Å². The standard InChI is InChI=1S/C13H18N2O5S/c16-10-13(4-1-2-5-13)11(17)15(12(18)14-10)7-9-3-6-21(19,20)8-9/h9H,1-8H2,(H,14,16,18). The smallest absolute Gasteiger partial charge is 0.277 e. The van der Waals surface area contributed by atoms with Crippen LogP contribution in [0.5, 0.6) is 0 Å². The Kier molecular flexibility index (Phi) is 3.31. The van der Waals surface area contributed by atoms with E-state index in [9.17, 15) is 22.8 Å². The van der Waals surface area contributed by atoms with Crippen molar-refractivity contribution in [3.63, 3.8) is 0 Å². The predicted octanol–water partition coefficient (Wildman–Crippen LogP) is 0.0599. The van der Waals surface area contributed by atoms with E-state index in [-0.39, 0.29) is 24.0 Å². The van der Waals surface area contributed by atoms with Gasteiger partial charge in [-0.1, -0.05) is 12.8 Å². The van der Waals surface area contributed by atoms with Crippen LogP contribution in [0.3, 0.4) is 0 Å². The topological polar surface area (TPSA) is 101 Å². The van der Waals surface area contributed by atoms with Crippen LogP contribution in [0.1, 0.15) is 32.1 Å². The fourth-order valence-corrected chi connectivity index (χ4v) is 5.44. The second-order valence-corrected chi connectivity index (χ2v) is 8.46. The van der Waals surface area contributed by atoms with E-state index >= 15 is 0 Å². The molecule has 116 valence electrons. The lowest BCUT2D eigenvalue weighted by molar-refractivity contribution is -0.151. The molecule has 1 atom stereocenters. The predicted molar refractivity (Wildman–Crippen MR) is 72.9 cm³/mol. The van der Waals surface area contributed by atoms with Crippen molar-refractivity contribution in [3.8, 4) is 0 Å². The molecular formula is C13H18N2O5S. The Labute approximate surface area is 123 Å². The van der Waals surface area contributed by atoms with Crippen LogP contribution in [-0.4, -0.2) is 49.2 Å². The molecule has 2 heterocycles. The number of imide groups is 2. The summed E-state index contributed by atoms with van der Waals surface area (Å²) in [6, 6.07) is -0.716. The van der Waals surface area contributed by atoms with Gasteiger partial charge < -0.3 is 0 Å². The summed E-state index contributed by atoms with van der Waals surface area (Å²) < 4.78 is 23.0. The summed E-state index contributed by atoms with van der Waals surface area (Å²) in [5, 5.41) is 2.27. The summed E-state index contributed by atoms with van der Waals surface area (Å²) in [6.45, 7) is 0.0823. The number of hydrogen-bond donors (Lipinski definition) is 1. The first kappa shape index (κ1) is 14.5. The number of carbonyl (C=O) groups excluding carboxylic acids is 3. The van der Waals surface area contributed by atoms with Gasteiger partial charge in [0.25, 0.3) is 0 Å². The summed E-state index contributed by atoms with van der Waals surface area (Å²) in [7, 11) is -3.06. The van der Waals surface area contributed by atoms with Gasteiger partial charge in [0.15, 0.2) is 9.84 Å². The zero-order valence-corrected chi connectivity index (χ0v) is 12.4. The van der Waals surface area contributed by atoms with E-state index in [0.29, 0.717) is 19.3 Å². The van der Waals surface area contributed by atoms with Gasteiger partial charge in [-0.15, -0.1) is 0 Å². The first-order valence-corrected chi connectivity index (χ1v) is 9.04. The number of barbiturate groups is 1. The van der Waals surface area contributed by atoms with Crippen LogP contribution in [0.25, 0.3) is 0 Å². The van der Waals surface area contributed by atoms with Gasteiger partial charge >= 0.3 is 6.03 Å². The number of rotatable bonds is 2. The molecule has 0 bridgehead atoms. The molecule has 1 aliphatic carbocycles. The van der Waals surface area contributed by atoms with Crippen molar-refractivity contribution in [2.45, 2.75) is 32.1 Å². The number of carbonyl (C=O) groups is 3. The lowest BCUT2D eigenvalue weighted by Gasteiger charge is -2.37. The van der Waals surface area contributed by atoms with Gasteiger partial charge in [-0.3, -0.25) is 19.8 Å². The molecule has 0 aromatic rings. The zero-order valence-electron chi connectivity index (χ0n) is 11.6. The zero-order chi connectivity index (χ0) is 15.3. The average molecular weight is 314 g/mol. The van der Waals surface area contributed by atoms with E-state index in [1.165, 1.54) is 0 Å². The van der Waals surface area contributed by atoms with Crippen LogP contribution in [0, 0.1) is 11.3 Å². The van der Waals surface area contributed by atoms with Gasteiger partial charge in [-0.25, -0.2) is 13.2 Å². The molecule has 7 nitrogen and oxygen atoms in total. The maximum absolute atomic E-state index is 12.6. The minimum absolute atomic E-state index is 0.00497. The van der Waals surface area contributed by atoms with E-state index in [1.807, 2.05) is 0 Å². The monoisotopic (exact) mass is 314 g/mol. The number of urea groups is 1. The largest absolute Gasteiger partial charge is 0.330 e. The molecule has 0 aromatic carbocycles. The van der Waals surface area contributed by atoms with E-state index in [1.54, 1.807) is 0 Å². The molecule has 3 aliphatic rings. The minimum atomic E-state index is -3.06. The summed E-state index contributed by atoms with van der Waals surface area (Å²) >= 11 is 0. The molecule has 2 saturated heterocycles. The number of hydrogen-bond acceptors (Lipinski definition) is 5. The van der Waals surface area contributed by atoms with Gasteiger partial charge in [-0.05, 0) is 25.2 Å². The number of nitrogens with one attached hydrogen (secondary N) is 1. The highest BCUT2D eigenvalue weighted by atomic mass is 32.2. The minimum Gasteiger partial charge on any atom is -0.277 e. The van der Waals surface area contributed by atoms with Crippen LogP contribution < -0.4 is 5.32 Å². The van der Waals surface area contributed by atoms with Gasteiger partial charge in [0.2, 0.25) is 11.8 Å². The Balaban J connectivity index is 1.79. The van der Waals surface area contributed by atoms with Gasteiger partial charge in [0.1, 0.15) is 5.41 Å². The molecule has 21 heavy (non-hydrogen) atoms. The highest BCUT2D eigenvalue weighted by Crippen LogP contribution is 2.42. The van der Waals surface area contributed by atoms with Crippen molar-refractivity contribution in [3.05, 3.63) is 0 Å². The van der Waals surface area contributed by atoms with Crippen molar-refractivity contribution >= 4 is 27.7 Å². The third kappa shape index (κ3) is 2.35. The molecule has 0 aromatic heterocycles. The third-order valence-electron chi connectivity index (χ3n) is 4.78. The van der Waals surface area contributed by atoms with Crippen LogP contribution in [0.4, 0.5) is 4.79 Å². The van der Waals surface area contributed by atoms with Crippen LogP contribution >= 0.6 is 0 Å². The fraction of sp³-hybridized carbons (Fsp3) is 0.769. The Morgan fingerprint density at radius 2 is 1.86 bits per heavy atom. The molecule has 3 fully saturated rings. The van der Waals surface area contributed by atoms with Crippen LogP contribution in [-0.2, 0) is 19.4 Å². The molecule has 2 aliphatic heterocycles. The molecular weight excluding hydrogens is 296 g/mol. The molecule has 1 N–H and O–H groups in total. The second kappa shape index (κ2) is 4.79. The lowest BCUT2D eigenvalue weighted by Crippen LogP contribution is -2.63. The Hall–Kier alpha value is -1.44. The molecule has 1 unspecified atom stereocenters. The molecule has 4 amide bonds. The van der Waals surface area contributed by atoms with Gasteiger partial charge in [0.05, 0.1) is 11.5 Å². The summed E-state index contributed by atoms with van der Waals surface area (Å²) in [6.07, 6.45) is 2.97. The molecule has 8 heteroatoms. The van der Waals surface area contributed by atoms with E-state index in [2.05, 4.69) is 5.32 Å². The first-order valence-electron chi connectivity index (χ1n) is 7.22. The average Bonchev–Trinajstić information content (AvgIpc) is 3.01. The molecule has 1 saturated carbocycles. The molecule has 3 rings (SSSR count).